The van der Waals surface area contributed by atoms with Gasteiger partial charge >= 0.3 is 0 Å². The minimum absolute atomic E-state index is 0.144. The summed E-state index contributed by atoms with van der Waals surface area (Å²) >= 11 is 5.98. The van der Waals surface area contributed by atoms with Crippen LogP contribution in [-0.4, -0.2) is 12.1 Å². The van der Waals surface area contributed by atoms with Crippen molar-refractivity contribution in [3.8, 4) is 5.75 Å². The highest BCUT2D eigenvalue weighted by atomic mass is 35.5. The lowest BCUT2D eigenvalue weighted by Gasteiger charge is -2.07. The Balaban J connectivity index is 1.48. The number of ether oxygens (including phenoxy) is 1. The third kappa shape index (κ3) is 6.47. The van der Waals surface area contributed by atoms with Gasteiger partial charge in [-0.25, -0.2) is 5.43 Å². The second kappa shape index (κ2) is 9.89. The average molecular weight is 407 g/mol. The maximum atomic E-state index is 12.1. The van der Waals surface area contributed by atoms with E-state index in [1.165, 1.54) is 5.56 Å². The number of halogens is 1. The molecule has 0 radical (unpaired) electrons. The van der Waals surface area contributed by atoms with Gasteiger partial charge in [0.05, 0.1) is 12.6 Å². The molecule has 0 aliphatic carbocycles. The van der Waals surface area contributed by atoms with Crippen molar-refractivity contribution >= 4 is 23.7 Å². The number of carbonyl (C=O) groups is 1. The summed E-state index contributed by atoms with van der Waals surface area (Å²) in [6.45, 7) is 4.49. The molecule has 29 heavy (non-hydrogen) atoms. The summed E-state index contributed by atoms with van der Waals surface area (Å²) < 4.78 is 5.76. The van der Waals surface area contributed by atoms with E-state index < -0.39 is 0 Å². The van der Waals surface area contributed by atoms with Crippen LogP contribution in [0.1, 0.15) is 27.8 Å². The zero-order valence-electron chi connectivity index (χ0n) is 16.5. The van der Waals surface area contributed by atoms with E-state index in [1.807, 2.05) is 74.5 Å². The van der Waals surface area contributed by atoms with Gasteiger partial charge in [-0.2, -0.15) is 5.10 Å². The molecule has 0 unspecified atom stereocenters. The molecule has 1 N–H and O–H groups in total. The van der Waals surface area contributed by atoms with Gasteiger partial charge in [0.15, 0.2) is 0 Å². The van der Waals surface area contributed by atoms with Crippen LogP contribution in [0, 0.1) is 13.8 Å². The van der Waals surface area contributed by atoms with Gasteiger partial charge in [-0.1, -0.05) is 47.5 Å². The molecule has 0 spiro atoms. The smallest absolute Gasteiger partial charge is 0.244 e. The predicted molar refractivity (Wildman–Crippen MR) is 118 cm³/mol. The van der Waals surface area contributed by atoms with Gasteiger partial charge in [-0.3, -0.25) is 4.79 Å². The summed E-state index contributed by atoms with van der Waals surface area (Å²) in [5.74, 6) is 0.607. The van der Waals surface area contributed by atoms with E-state index in [0.29, 0.717) is 18.1 Å². The van der Waals surface area contributed by atoms with Gasteiger partial charge in [-0.05, 0) is 72.5 Å². The minimum atomic E-state index is -0.144. The second-order valence-corrected chi connectivity index (χ2v) is 7.32. The number of nitrogens with zero attached hydrogens (tertiary/aromatic N) is 1. The standard InChI is InChI=1S/C24H23ClN2O2/c1-17-6-9-21(18(2)12-17)14-24(28)27-26-15-19-7-10-23(11-8-19)29-16-20-4-3-5-22(25)13-20/h3-13,15H,14,16H2,1-2H3,(H,27,28)/b26-15-. The first-order valence-corrected chi connectivity index (χ1v) is 9.73. The van der Waals surface area contributed by atoms with E-state index in [1.54, 1.807) is 6.21 Å². The zero-order valence-corrected chi connectivity index (χ0v) is 17.2. The Kier molecular flexibility index (Phi) is 7.04. The number of amides is 1. The van der Waals surface area contributed by atoms with Crippen LogP contribution in [0.2, 0.25) is 5.02 Å². The summed E-state index contributed by atoms with van der Waals surface area (Å²) in [6, 6.07) is 21.1. The Labute approximate surface area is 176 Å². The molecule has 4 nitrogen and oxygen atoms in total. The van der Waals surface area contributed by atoms with Gasteiger partial charge in [0, 0.05) is 5.02 Å². The SMILES string of the molecule is Cc1ccc(CC(=O)N/N=C\c2ccc(OCc3cccc(Cl)c3)cc2)c(C)c1. The first kappa shape index (κ1) is 20.6. The lowest BCUT2D eigenvalue weighted by molar-refractivity contribution is -0.120. The Hall–Kier alpha value is -3.11. The Morgan fingerprint density at radius 1 is 1.07 bits per heavy atom. The quantitative estimate of drug-likeness (QED) is 0.431. The summed E-state index contributed by atoms with van der Waals surface area (Å²) in [5, 5.41) is 4.73. The molecule has 3 aromatic carbocycles. The van der Waals surface area contributed by atoms with Crippen LogP contribution >= 0.6 is 11.6 Å². The Morgan fingerprint density at radius 2 is 1.86 bits per heavy atom. The Bertz CT molecular complexity index is 1010. The third-order valence-corrected chi connectivity index (χ3v) is 4.66. The van der Waals surface area contributed by atoms with Crippen molar-refractivity contribution in [1.29, 1.82) is 0 Å². The molecular weight excluding hydrogens is 384 g/mol. The van der Waals surface area contributed by atoms with Crippen LogP contribution in [0.5, 0.6) is 5.75 Å². The number of hydrogen-bond acceptors (Lipinski definition) is 3. The van der Waals surface area contributed by atoms with Gasteiger partial charge in [0.25, 0.3) is 0 Å². The Morgan fingerprint density at radius 3 is 2.59 bits per heavy atom. The number of nitrogens with one attached hydrogen (secondary N) is 1. The van der Waals surface area contributed by atoms with E-state index in [-0.39, 0.29) is 5.91 Å². The normalized spacial score (nSPS) is 10.9. The van der Waals surface area contributed by atoms with Crippen molar-refractivity contribution in [3.05, 3.63) is 99.6 Å². The topological polar surface area (TPSA) is 50.7 Å². The molecule has 0 aliphatic heterocycles. The van der Waals surface area contributed by atoms with E-state index in [4.69, 9.17) is 16.3 Å². The molecule has 5 heteroatoms. The fraction of sp³-hybridized carbons (Fsp3) is 0.167. The highest BCUT2D eigenvalue weighted by Gasteiger charge is 2.05. The van der Waals surface area contributed by atoms with Crippen molar-refractivity contribution in [2.24, 2.45) is 5.10 Å². The molecule has 0 saturated heterocycles. The lowest BCUT2D eigenvalue weighted by Crippen LogP contribution is -2.20. The summed E-state index contributed by atoms with van der Waals surface area (Å²) in [7, 11) is 0. The molecular formula is C24H23ClN2O2. The molecule has 148 valence electrons. The van der Waals surface area contributed by atoms with Crippen molar-refractivity contribution in [2.75, 3.05) is 0 Å². The van der Waals surface area contributed by atoms with Crippen molar-refractivity contribution in [2.45, 2.75) is 26.9 Å². The molecule has 3 rings (SSSR count). The minimum Gasteiger partial charge on any atom is -0.489 e. The van der Waals surface area contributed by atoms with Gasteiger partial charge in [-0.15, -0.1) is 0 Å². The number of hydrogen-bond donors (Lipinski definition) is 1. The van der Waals surface area contributed by atoms with Crippen molar-refractivity contribution in [1.82, 2.24) is 5.43 Å². The van der Waals surface area contributed by atoms with Gasteiger partial charge in [0.2, 0.25) is 5.91 Å². The number of benzene rings is 3. The molecule has 3 aromatic rings. The number of aryl methyl sites for hydroxylation is 2. The number of hydrazone groups is 1. The van der Waals surface area contributed by atoms with Crippen LogP contribution in [-0.2, 0) is 17.8 Å². The number of carbonyl (C=O) groups excluding carboxylic acids is 1. The zero-order chi connectivity index (χ0) is 20.6. The lowest BCUT2D eigenvalue weighted by atomic mass is 10.0. The first-order valence-electron chi connectivity index (χ1n) is 9.35. The molecule has 0 fully saturated rings. The molecule has 1 amide bonds. The fourth-order valence-corrected chi connectivity index (χ4v) is 3.09. The maximum Gasteiger partial charge on any atom is 0.244 e. The predicted octanol–water partition coefficient (Wildman–Crippen LogP) is 5.23. The second-order valence-electron chi connectivity index (χ2n) is 6.89. The molecule has 0 bridgehead atoms. The van der Waals surface area contributed by atoms with E-state index >= 15 is 0 Å². The highest BCUT2D eigenvalue weighted by molar-refractivity contribution is 6.30. The monoisotopic (exact) mass is 406 g/mol. The fourth-order valence-electron chi connectivity index (χ4n) is 2.88. The molecule has 0 saturated carbocycles. The van der Waals surface area contributed by atoms with Crippen molar-refractivity contribution in [3.63, 3.8) is 0 Å². The maximum absolute atomic E-state index is 12.1. The summed E-state index contributed by atoms with van der Waals surface area (Å²) in [5.41, 5.74) is 7.75. The van der Waals surface area contributed by atoms with E-state index in [0.717, 1.165) is 28.0 Å². The van der Waals surface area contributed by atoms with Gasteiger partial charge in [0.1, 0.15) is 12.4 Å². The summed E-state index contributed by atoms with van der Waals surface area (Å²) in [4.78, 5) is 12.1. The van der Waals surface area contributed by atoms with Crippen LogP contribution < -0.4 is 10.2 Å². The molecule has 0 heterocycles. The third-order valence-electron chi connectivity index (χ3n) is 4.43. The highest BCUT2D eigenvalue weighted by Crippen LogP contribution is 2.16. The number of rotatable bonds is 7. The first-order chi connectivity index (χ1) is 14.0. The summed E-state index contributed by atoms with van der Waals surface area (Å²) in [6.07, 6.45) is 1.92. The molecule has 0 atom stereocenters. The molecule has 0 aliphatic rings. The van der Waals surface area contributed by atoms with Crippen LogP contribution in [0.15, 0.2) is 71.8 Å². The van der Waals surface area contributed by atoms with Gasteiger partial charge < -0.3 is 4.74 Å². The van der Waals surface area contributed by atoms with E-state index in [9.17, 15) is 4.79 Å². The largest absolute Gasteiger partial charge is 0.489 e. The van der Waals surface area contributed by atoms with E-state index in [2.05, 4.69) is 16.6 Å². The van der Waals surface area contributed by atoms with Crippen molar-refractivity contribution < 1.29 is 9.53 Å². The molecule has 0 aromatic heterocycles. The average Bonchev–Trinajstić information content (AvgIpc) is 2.70. The van der Waals surface area contributed by atoms with Crippen LogP contribution in [0.4, 0.5) is 0 Å². The van der Waals surface area contributed by atoms with Crippen LogP contribution in [0.3, 0.4) is 0 Å². The van der Waals surface area contributed by atoms with Crippen LogP contribution in [0.25, 0.3) is 0 Å².